The highest BCUT2D eigenvalue weighted by Gasteiger charge is 2.39. The molecular formula is C26H30ClN3O5. The Morgan fingerprint density at radius 3 is 2.66 bits per heavy atom. The van der Waals surface area contributed by atoms with E-state index in [1.165, 1.54) is 0 Å². The molecule has 2 aromatic carbocycles. The summed E-state index contributed by atoms with van der Waals surface area (Å²) in [6, 6.07) is 11.4. The largest absolute Gasteiger partial charge is 0.490 e. The molecule has 4 rings (SSSR count). The van der Waals surface area contributed by atoms with Gasteiger partial charge in [-0.2, -0.15) is 0 Å². The Bertz CT molecular complexity index is 1090. The molecule has 3 amide bonds. The number of ether oxygens (including phenoxy) is 2. The molecule has 0 aliphatic carbocycles. The van der Waals surface area contributed by atoms with Gasteiger partial charge in [0.25, 0.3) is 11.8 Å². The SMILES string of the molecule is CCCNC(=O)C[C@H]1CC[C@H]2[C@@H](COc3ccc(NC(=O)c4ccc(Cl)cc4)cc3C(=O)N2C)O1. The van der Waals surface area contributed by atoms with Gasteiger partial charge in [-0.1, -0.05) is 18.5 Å². The monoisotopic (exact) mass is 499 g/mol. The number of benzene rings is 2. The van der Waals surface area contributed by atoms with Gasteiger partial charge in [0.2, 0.25) is 5.91 Å². The van der Waals surface area contributed by atoms with E-state index in [9.17, 15) is 14.4 Å². The third-order valence-electron chi connectivity index (χ3n) is 6.36. The van der Waals surface area contributed by atoms with E-state index in [4.69, 9.17) is 21.1 Å². The first-order chi connectivity index (χ1) is 16.9. The lowest BCUT2D eigenvalue weighted by molar-refractivity contribution is -0.134. The van der Waals surface area contributed by atoms with E-state index in [1.807, 2.05) is 6.92 Å². The molecule has 186 valence electrons. The molecule has 8 nitrogen and oxygen atoms in total. The van der Waals surface area contributed by atoms with Crippen LogP contribution in [0.15, 0.2) is 42.5 Å². The van der Waals surface area contributed by atoms with Gasteiger partial charge in [-0.25, -0.2) is 0 Å². The van der Waals surface area contributed by atoms with E-state index < -0.39 is 0 Å². The minimum Gasteiger partial charge on any atom is -0.490 e. The Hall–Kier alpha value is -3.10. The Morgan fingerprint density at radius 2 is 1.91 bits per heavy atom. The topological polar surface area (TPSA) is 97.0 Å². The number of fused-ring (bicyclic) bond motifs is 2. The van der Waals surface area contributed by atoms with Crippen LogP contribution in [0.2, 0.25) is 5.02 Å². The molecule has 9 heteroatoms. The summed E-state index contributed by atoms with van der Waals surface area (Å²) in [6.07, 6.45) is 2.04. The lowest BCUT2D eigenvalue weighted by atomic mass is 9.94. The maximum Gasteiger partial charge on any atom is 0.257 e. The molecule has 3 atom stereocenters. The molecule has 0 unspecified atom stereocenters. The second-order valence-electron chi connectivity index (χ2n) is 8.89. The molecule has 35 heavy (non-hydrogen) atoms. The van der Waals surface area contributed by atoms with Crippen LogP contribution in [0, 0.1) is 0 Å². The highest BCUT2D eigenvalue weighted by Crippen LogP contribution is 2.32. The molecule has 1 saturated heterocycles. The zero-order valence-electron chi connectivity index (χ0n) is 19.9. The summed E-state index contributed by atoms with van der Waals surface area (Å²) >= 11 is 5.90. The van der Waals surface area contributed by atoms with Crippen LogP contribution in [-0.4, -0.2) is 61.1 Å². The summed E-state index contributed by atoms with van der Waals surface area (Å²) in [4.78, 5) is 39.8. The first-order valence-corrected chi connectivity index (χ1v) is 12.3. The number of hydrogen-bond donors (Lipinski definition) is 2. The van der Waals surface area contributed by atoms with Gasteiger partial charge in [0.05, 0.1) is 24.1 Å². The molecule has 0 saturated carbocycles. The third kappa shape index (κ3) is 5.94. The smallest absolute Gasteiger partial charge is 0.257 e. The summed E-state index contributed by atoms with van der Waals surface area (Å²) in [5.74, 6) is -0.106. The molecule has 0 aromatic heterocycles. The lowest BCUT2D eigenvalue weighted by Gasteiger charge is -2.42. The number of nitrogens with one attached hydrogen (secondary N) is 2. The van der Waals surface area contributed by atoms with Crippen molar-refractivity contribution in [1.82, 2.24) is 10.2 Å². The van der Waals surface area contributed by atoms with Crippen molar-refractivity contribution < 1.29 is 23.9 Å². The summed E-state index contributed by atoms with van der Waals surface area (Å²) in [5.41, 5.74) is 1.33. The molecule has 2 N–H and O–H groups in total. The molecule has 0 radical (unpaired) electrons. The molecule has 2 heterocycles. The lowest BCUT2D eigenvalue weighted by Crippen LogP contribution is -2.54. The third-order valence-corrected chi connectivity index (χ3v) is 6.61. The number of hydrogen-bond acceptors (Lipinski definition) is 5. The van der Waals surface area contributed by atoms with Gasteiger partial charge >= 0.3 is 0 Å². The molecule has 2 aliphatic heterocycles. The van der Waals surface area contributed by atoms with Crippen molar-refractivity contribution in [2.75, 3.05) is 25.5 Å². The highest BCUT2D eigenvalue weighted by molar-refractivity contribution is 6.30. The average Bonchev–Trinajstić information content (AvgIpc) is 2.85. The van der Waals surface area contributed by atoms with Crippen LogP contribution in [0.4, 0.5) is 5.69 Å². The van der Waals surface area contributed by atoms with E-state index in [1.54, 1.807) is 54.4 Å². The number of nitrogens with zero attached hydrogens (tertiary/aromatic N) is 1. The first-order valence-electron chi connectivity index (χ1n) is 11.9. The summed E-state index contributed by atoms with van der Waals surface area (Å²) in [7, 11) is 1.76. The fraction of sp³-hybridized carbons (Fsp3) is 0.423. The number of carbonyl (C=O) groups excluding carboxylic acids is 3. The number of amides is 3. The van der Waals surface area contributed by atoms with Gasteiger partial charge in [-0.05, 0) is 61.7 Å². The van der Waals surface area contributed by atoms with Gasteiger partial charge in [0, 0.05) is 29.9 Å². The van der Waals surface area contributed by atoms with Crippen LogP contribution in [0.1, 0.15) is 53.3 Å². The zero-order chi connectivity index (χ0) is 24.9. The van der Waals surface area contributed by atoms with Gasteiger partial charge in [0.1, 0.15) is 18.5 Å². The molecule has 0 spiro atoms. The van der Waals surface area contributed by atoms with Crippen molar-refractivity contribution in [3.63, 3.8) is 0 Å². The van der Waals surface area contributed by atoms with Crippen molar-refractivity contribution in [2.24, 2.45) is 0 Å². The zero-order valence-corrected chi connectivity index (χ0v) is 20.6. The maximum absolute atomic E-state index is 13.4. The summed E-state index contributed by atoms with van der Waals surface area (Å²) in [5, 5.41) is 6.25. The number of carbonyl (C=O) groups is 3. The molecule has 1 fully saturated rings. The van der Waals surface area contributed by atoms with E-state index in [0.29, 0.717) is 53.4 Å². The number of rotatable bonds is 6. The van der Waals surface area contributed by atoms with Crippen LogP contribution < -0.4 is 15.4 Å². The number of halogens is 1. The van der Waals surface area contributed by atoms with E-state index in [-0.39, 0.29) is 42.6 Å². The Kier molecular flexibility index (Phi) is 7.93. The molecule has 2 aliphatic rings. The molecule has 0 bridgehead atoms. The molecule has 2 aromatic rings. The predicted octanol–water partition coefficient (Wildman–Crippen LogP) is 3.89. The van der Waals surface area contributed by atoms with Gasteiger partial charge in [0.15, 0.2) is 0 Å². The average molecular weight is 500 g/mol. The normalized spacial score (nSPS) is 21.6. The van der Waals surface area contributed by atoms with Crippen molar-refractivity contribution >= 4 is 35.0 Å². The fourth-order valence-electron chi connectivity index (χ4n) is 4.45. The van der Waals surface area contributed by atoms with Crippen LogP contribution in [-0.2, 0) is 9.53 Å². The van der Waals surface area contributed by atoms with Crippen molar-refractivity contribution in [2.45, 2.75) is 50.9 Å². The van der Waals surface area contributed by atoms with Crippen LogP contribution in [0.25, 0.3) is 0 Å². The van der Waals surface area contributed by atoms with E-state index >= 15 is 0 Å². The first kappa shape index (κ1) is 25.0. The maximum atomic E-state index is 13.4. The van der Waals surface area contributed by atoms with Gasteiger partial charge in [-0.15, -0.1) is 0 Å². The molecular weight excluding hydrogens is 470 g/mol. The van der Waals surface area contributed by atoms with Crippen molar-refractivity contribution in [1.29, 1.82) is 0 Å². The fourth-order valence-corrected chi connectivity index (χ4v) is 4.58. The highest BCUT2D eigenvalue weighted by atomic mass is 35.5. The van der Waals surface area contributed by atoms with Crippen LogP contribution in [0.3, 0.4) is 0 Å². The Morgan fingerprint density at radius 1 is 1.14 bits per heavy atom. The quantitative estimate of drug-likeness (QED) is 0.628. The van der Waals surface area contributed by atoms with Crippen molar-refractivity contribution in [3.05, 3.63) is 58.6 Å². The Balaban J connectivity index is 1.46. The van der Waals surface area contributed by atoms with Gasteiger partial charge < -0.3 is 25.0 Å². The number of likely N-dealkylation sites (N-methyl/N-ethyl adjacent to an activating group) is 1. The minimum atomic E-state index is -0.334. The predicted molar refractivity (Wildman–Crippen MR) is 133 cm³/mol. The number of anilines is 1. The second kappa shape index (κ2) is 11.1. The summed E-state index contributed by atoms with van der Waals surface area (Å²) < 4.78 is 12.2. The van der Waals surface area contributed by atoms with Crippen LogP contribution in [0.5, 0.6) is 5.75 Å². The standard InChI is InChI=1S/C26H30ClN3O5/c1-3-12-28-24(31)14-19-9-10-21-23(35-19)15-34-22-11-8-18(13-20(22)26(33)30(21)2)29-25(32)16-4-6-17(27)7-5-16/h4-8,11,13,19,21,23H,3,9-10,12,14-15H2,1-2H3,(H,28,31)(H,29,32)/t19-,21+,23-/m1/s1. The van der Waals surface area contributed by atoms with Crippen LogP contribution >= 0.6 is 11.6 Å². The summed E-state index contributed by atoms with van der Waals surface area (Å²) in [6.45, 7) is 2.92. The second-order valence-corrected chi connectivity index (χ2v) is 9.33. The van der Waals surface area contributed by atoms with Gasteiger partial charge in [-0.3, -0.25) is 14.4 Å². The minimum absolute atomic E-state index is 0.0231. The van der Waals surface area contributed by atoms with E-state index in [2.05, 4.69) is 10.6 Å². The Labute approximate surface area is 209 Å². The van der Waals surface area contributed by atoms with E-state index in [0.717, 1.165) is 6.42 Å². The van der Waals surface area contributed by atoms with Crippen molar-refractivity contribution in [3.8, 4) is 5.75 Å².